The molecule has 0 aliphatic heterocycles. The Morgan fingerprint density at radius 1 is 1.36 bits per heavy atom. The highest BCUT2D eigenvalue weighted by Gasteiger charge is 2.13. The summed E-state index contributed by atoms with van der Waals surface area (Å²) in [5.41, 5.74) is 0. The van der Waals surface area contributed by atoms with Crippen LogP contribution in [0.1, 0.15) is 12.7 Å². The number of carbonyl (C=O) groups is 1. The summed E-state index contributed by atoms with van der Waals surface area (Å²) in [6, 6.07) is 9.36. The third kappa shape index (κ3) is 5.44. The number of hydrogen-bond acceptors (Lipinski definition) is 4. The molecule has 0 radical (unpaired) electrons. The van der Waals surface area contributed by atoms with Gasteiger partial charge in [0.05, 0.1) is 12.0 Å². The smallest absolute Gasteiger partial charge is 0.260 e. The van der Waals surface area contributed by atoms with Crippen LogP contribution in [0.2, 0.25) is 0 Å². The van der Waals surface area contributed by atoms with Gasteiger partial charge in [0.1, 0.15) is 17.3 Å². The molecule has 0 aliphatic rings. The standard InChI is InChI=1S/C16H18FNO3S/c1-12(21-14-6-4-13(17)5-7-14)16(19)18-8-10-22-11-15-3-2-9-20-15/h2-7,9,12H,8,10-11H2,1H3,(H,18,19)/t12-/m0/s1. The van der Waals surface area contributed by atoms with Crippen molar-refractivity contribution in [2.75, 3.05) is 12.3 Å². The van der Waals surface area contributed by atoms with E-state index in [-0.39, 0.29) is 11.7 Å². The van der Waals surface area contributed by atoms with E-state index in [0.717, 1.165) is 17.3 Å². The molecular formula is C16H18FNO3S. The molecule has 118 valence electrons. The Balaban J connectivity index is 1.62. The van der Waals surface area contributed by atoms with Gasteiger partial charge in [-0.3, -0.25) is 4.79 Å². The minimum absolute atomic E-state index is 0.192. The molecule has 0 fully saturated rings. The zero-order valence-corrected chi connectivity index (χ0v) is 13.1. The number of benzene rings is 1. The van der Waals surface area contributed by atoms with Crippen LogP contribution >= 0.6 is 11.8 Å². The van der Waals surface area contributed by atoms with Crippen molar-refractivity contribution < 1.29 is 18.3 Å². The normalized spacial score (nSPS) is 11.9. The first-order chi connectivity index (χ1) is 10.6. The summed E-state index contributed by atoms with van der Waals surface area (Å²) >= 11 is 1.68. The molecule has 1 N–H and O–H groups in total. The molecule has 4 nitrogen and oxygen atoms in total. The molecule has 0 aliphatic carbocycles. The van der Waals surface area contributed by atoms with Gasteiger partial charge in [-0.15, -0.1) is 0 Å². The van der Waals surface area contributed by atoms with Crippen molar-refractivity contribution in [1.82, 2.24) is 5.32 Å². The lowest BCUT2D eigenvalue weighted by molar-refractivity contribution is -0.127. The highest BCUT2D eigenvalue weighted by molar-refractivity contribution is 7.98. The van der Waals surface area contributed by atoms with E-state index in [1.165, 1.54) is 24.3 Å². The van der Waals surface area contributed by atoms with E-state index in [1.807, 2.05) is 12.1 Å². The Kier molecular flexibility index (Phi) is 6.33. The van der Waals surface area contributed by atoms with E-state index < -0.39 is 6.10 Å². The number of ether oxygens (including phenoxy) is 1. The fraction of sp³-hybridized carbons (Fsp3) is 0.312. The van der Waals surface area contributed by atoms with Gasteiger partial charge < -0.3 is 14.5 Å². The van der Waals surface area contributed by atoms with Gasteiger partial charge in [0.2, 0.25) is 0 Å². The summed E-state index contributed by atoms with van der Waals surface area (Å²) < 4.78 is 23.4. The average Bonchev–Trinajstić information content (AvgIpc) is 3.02. The molecule has 1 aromatic carbocycles. The fourth-order valence-electron chi connectivity index (χ4n) is 1.73. The first-order valence-corrected chi connectivity index (χ1v) is 8.10. The average molecular weight is 323 g/mol. The van der Waals surface area contributed by atoms with Crippen LogP contribution in [0.15, 0.2) is 47.1 Å². The van der Waals surface area contributed by atoms with Crippen LogP contribution in [0.3, 0.4) is 0 Å². The number of amides is 1. The topological polar surface area (TPSA) is 51.5 Å². The second-order valence-electron chi connectivity index (χ2n) is 4.64. The van der Waals surface area contributed by atoms with Crippen molar-refractivity contribution in [1.29, 1.82) is 0 Å². The van der Waals surface area contributed by atoms with Crippen LogP contribution in [0, 0.1) is 5.82 Å². The van der Waals surface area contributed by atoms with E-state index in [4.69, 9.17) is 9.15 Å². The summed E-state index contributed by atoms with van der Waals surface area (Å²) in [7, 11) is 0. The molecule has 1 amide bonds. The maximum absolute atomic E-state index is 12.8. The van der Waals surface area contributed by atoms with Gasteiger partial charge in [0, 0.05) is 12.3 Å². The number of rotatable bonds is 8. The lowest BCUT2D eigenvalue weighted by atomic mass is 10.3. The largest absolute Gasteiger partial charge is 0.481 e. The van der Waals surface area contributed by atoms with Crippen molar-refractivity contribution in [2.24, 2.45) is 0 Å². The third-order valence-corrected chi connectivity index (χ3v) is 3.85. The number of nitrogens with one attached hydrogen (secondary N) is 1. The second-order valence-corrected chi connectivity index (χ2v) is 5.74. The Labute approximate surface area is 133 Å². The number of carbonyl (C=O) groups excluding carboxylic acids is 1. The number of halogens is 1. The second kappa shape index (κ2) is 8.48. The molecule has 1 aromatic heterocycles. The first-order valence-electron chi connectivity index (χ1n) is 6.95. The fourth-order valence-corrected chi connectivity index (χ4v) is 2.48. The first kappa shape index (κ1) is 16.4. The van der Waals surface area contributed by atoms with Crippen LogP contribution < -0.4 is 10.1 Å². The summed E-state index contributed by atoms with van der Waals surface area (Å²) in [5.74, 6) is 2.43. The minimum atomic E-state index is -0.625. The highest BCUT2D eigenvalue weighted by Crippen LogP contribution is 2.13. The third-order valence-electron chi connectivity index (χ3n) is 2.87. The van der Waals surface area contributed by atoms with E-state index in [0.29, 0.717) is 12.3 Å². The molecule has 1 heterocycles. The van der Waals surface area contributed by atoms with E-state index >= 15 is 0 Å². The number of furan rings is 1. The molecule has 0 bridgehead atoms. The predicted molar refractivity (Wildman–Crippen MR) is 84.4 cm³/mol. The van der Waals surface area contributed by atoms with E-state index in [2.05, 4.69) is 5.32 Å². The molecule has 0 spiro atoms. The Morgan fingerprint density at radius 2 is 2.14 bits per heavy atom. The Morgan fingerprint density at radius 3 is 2.82 bits per heavy atom. The van der Waals surface area contributed by atoms with Gasteiger partial charge in [-0.05, 0) is 43.3 Å². The van der Waals surface area contributed by atoms with Crippen molar-refractivity contribution in [3.05, 3.63) is 54.2 Å². The molecule has 6 heteroatoms. The van der Waals surface area contributed by atoms with Crippen molar-refractivity contribution in [3.8, 4) is 5.75 Å². The molecule has 1 atom stereocenters. The SMILES string of the molecule is C[C@H](Oc1ccc(F)cc1)C(=O)NCCSCc1ccco1. The van der Waals surface area contributed by atoms with Gasteiger partial charge in [-0.25, -0.2) is 4.39 Å². The summed E-state index contributed by atoms with van der Waals surface area (Å²) in [4.78, 5) is 11.9. The maximum atomic E-state index is 12.8. The zero-order chi connectivity index (χ0) is 15.8. The van der Waals surface area contributed by atoms with Crippen LogP contribution in [0.25, 0.3) is 0 Å². The maximum Gasteiger partial charge on any atom is 0.260 e. The highest BCUT2D eigenvalue weighted by atomic mass is 32.2. The minimum Gasteiger partial charge on any atom is -0.481 e. The summed E-state index contributed by atoms with van der Waals surface area (Å²) in [6.07, 6.45) is 1.02. The van der Waals surface area contributed by atoms with Crippen LogP contribution in [0.5, 0.6) is 5.75 Å². The zero-order valence-electron chi connectivity index (χ0n) is 12.3. The number of thioether (sulfide) groups is 1. The molecule has 0 unspecified atom stereocenters. The molecule has 22 heavy (non-hydrogen) atoms. The van der Waals surface area contributed by atoms with Crippen molar-refractivity contribution in [3.63, 3.8) is 0 Å². The predicted octanol–water partition coefficient (Wildman–Crippen LogP) is 3.24. The summed E-state index contributed by atoms with van der Waals surface area (Å²) in [6.45, 7) is 2.22. The molecule has 0 saturated carbocycles. The van der Waals surface area contributed by atoms with Crippen molar-refractivity contribution in [2.45, 2.75) is 18.8 Å². The van der Waals surface area contributed by atoms with E-state index in [1.54, 1.807) is 24.9 Å². The quantitative estimate of drug-likeness (QED) is 0.758. The van der Waals surface area contributed by atoms with Gasteiger partial charge in [0.15, 0.2) is 6.10 Å². The molecule has 0 saturated heterocycles. The van der Waals surface area contributed by atoms with Gasteiger partial charge in [0.25, 0.3) is 5.91 Å². The van der Waals surface area contributed by atoms with Crippen LogP contribution in [-0.4, -0.2) is 24.3 Å². The van der Waals surface area contributed by atoms with Gasteiger partial charge in [-0.2, -0.15) is 11.8 Å². The lowest BCUT2D eigenvalue weighted by Gasteiger charge is -2.14. The van der Waals surface area contributed by atoms with Crippen LogP contribution in [-0.2, 0) is 10.5 Å². The van der Waals surface area contributed by atoms with E-state index in [9.17, 15) is 9.18 Å². The lowest BCUT2D eigenvalue weighted by Crippen LogP contribution is -2.37. The molecule has 2 rings (SSSR count). The monoisotopic (exact) mass is 323 g/mol. The van der Waals surface area contributed by atoms with Crippen molar-refractivity contribution >= 4 is 17.7 Å². The summed E-state index contributed by atoms with van der Waals surface area (Å²) in [5, 5.41) is 2.80. The molecular weight excluding hydrogens is 305 g/mol. The Bertz CT molecular complexity index is 572. The Hall–Kier alpha value is -1.95. The number of hydrogen-bond donors (Lipinski definition) is 1. The van der Waals surface area contributed by atoms with Gasteiger partial charge in [-0.1, -0.05) is 0 Å². The van der Waals surface area contributed by atoms with Gasteiger partial charge >= 0.3 is 0 Å². The van der Waals surface area contributed by atoms with Crippen LogP contribution in [0.4, 0.5) is 4.39 Å². The molecule has 2 aromatic rings.